The molecule has 3 heteroatoms. The van der Waals surface area contributed by atoms with Crippen LogP contribution in [-0.4, -0.2) is 23.6 Å². The highest BCUT2D eigenvalue weighted by Crippen LogP contribution is 2.24. The first kappa shape index (κ1) is 13.9. The lowest BCUT2D eigenvalue weighted by Gasteiger charge is -2.29. The quantitative estimate of drug-likeness (QED) is 0.911. The highest BCUT2D eigenvalue weighted by Gasteiger charge is 2.21. The van der Waals surface area contributed by atoms with Crippen LogP contribution in [-0.2, 0) is 6.54 Å². The van der Waals surface area contributed by atoms with E-state index in [1.807, 2.05) is 0 Å². The molecule has 20 heavy (non-hydrogen) atoms. The summed E-state index contributed by atoms with van der Waals surface area (Å²) in [6, 6.07) is 5.91. The largest absolute Gasteiger partial charge is 0.354 e. The first-order valence-electron chi connectivity index (χ1n) is 8.20. The highest BCUT2D eigenvalue weighted by atomic mass is 15.2. The maximum absolute atomic E-state index is 4.79. The number of pyridine rings is 1. The minimum absolute atomic E-state index is 0.621. The monoisotopic (exact) mass is 273 g/mol. The molecule has 1 atom stereocenters. The zero-order chi connectivity index (χ0) is 13.9. The summed E-state index contributed by atoms with van der Waals surface area (Å²) >= 11 is 0. The standard InChI is InChI=1S/C17H27N3/c1-13-10-15(12-18-16-7-8-16)11-17(19-13)20-9-5-3-4-6-14(20)2/h10-11,14,16,18H,3-9,12H2,1-2H3. The molecule has 1 aromatic rings. The number of aryl methyl sites for hydroxylation is 1. The van der Waals surface area contributed by atoms with E-state index in [2.05, 4.69) is 36.2 Å². The predicted molar refractivity (Wildman–Crippen MR) is 84.1 cm³/mol. The molecule has 1 N–H and O–H groups in total. The van der Waals surface area contributed by atoms with Crippen LogP contribution in [0.5, 0.6) is 0 Å². The Kier molecular flexibility index (Phi) is 4.25. The molecule has 1 aromatic heterocycles. The molecule has 2 aliphatic rings. The molecular formula is C17H27N3. The molecule has 1 saturated carbocycles. The summed E-state index contributed by atoms with van der Waals surface area (Å²) in [6.45, 7) is 6.61. The van der Waals surface area contributed by atoms with Crippen LogP contribution < -0.4 is 10.2 Å². The summed E-state index contributed by atoms with van der Waals surface area (Å²) in [5.74, 6) is 1.19. The van der Waals surface area contributed by atoms with Crippen molar-refractivity contribution in [2.75, 3.05) is 11.4 Å². The van der Waals surface area contributed by atoms with Gasteiger partial charge in [-0.3, -0.25) is 0 Å². The Morgan fingerprint density at radius 3 is 2.85 bits per heavy atom. The van der Waals surface area contributed by atoms with Gasteiger partial charge in [-0.15, -0.1) is 0 Å². The molecule has 0 aromatic carbocycles. The Balaban J connectivity index is 1.76. The second kappa shape index (κ2) is 6.13. The number of rotatable bonds is 4. The van der Waals surface area contributed by atoms with E-state index < -0.39 is 0 Å². The van der Waals surface area contributed by atoms with Crippen molar-refractivity contribution in [1.82, 2.24) is 10.3 Å². The first-order valence-corrected chi connectivity index (χ1v) is 8.20. The van der Waals surface area contributed by atoms with Crippen LogP contribution in [0.15, 0.2) is 12.1 Å². The van der Waals surface area contributed by atoms with Crippen molar-refractivity contribution in [3.05, 3.63) is 23.4 Å². The molecule has 1 aliphatic carbocycles. The highest BCUT2D eigenvalue weighted by molar-refractivity contribution is 5.44. The molecule has 0 bridgehead atoms. The molecular weight excluding hydrogens is 246 g/mol. The van der Waals surface area contributed by atoms with E-state index in [1.165, 1.54) is 49.9 Å². The zero-order valence-electron chi connectivity index (χ0n) is 12.9. The lowest BCUT2D eigenvalue weighted by Crippen LogP contribution is -2.33. The smallest absolute Gasteiger partial charge is 0.129 e. The van der Waals surface area contributed by atoms with Crippen LogP contribution in [0, 0.1) is 6.92 Å². The Morgan fingerprint density at radius 1 is 1.20 bits per heavy atom. The van der Waals surface area contributed by atoms with E-state index in [1.54, 1.807) is 0 Å². The molecule has 1 saturated heterocycles. The summed E-state index contributed by atoms with van der Waals surface area (Å²) < 4.78 is 0. The Labute approximate surface area is 122 Å². The Bertz CT molecular complexity index is 454. The molecule has 1 aliphatic heterocycles. The normalized spacial score (nSPS) is 23.7. The summed E-state index contributed by atoms with van der Waals surface area (Å²) in [5.41, 5.74) is 2.53. The third kappa shape index (κ3) is 3.51. The lowest BCUT2D eigenvalue weighted by atomic mass is 10.1. The Morgan fingerprint density at radius 2 is 2.05 bits per heavy atom. The molecule has 3 nitrogen and oxygen atoms in total. The van der Waals surface area contributed by atoms with E-state index in [9.17, 15) is 0 Å². The third-order valence-electron chi connectivity index (χ3n) is 4.52. The summed E-state index contributed by atoms with van der Waals surface area (Å²) in [7, 11) is 0. The van der Waals surface area contributed by atoms with Crippen LogP contribution >= 0.6 is 0 Å². The van der Waals surface area contributed by atoms with Crippen LogP contribution in [0.1, 0.15) is 56.7 Å². The van der Waals surface area contributed by atoms with Crippen molar-refractivity contribution in [1.29, 1.82) is 0 Å². The lowest BCUT2D eigenvalue weighted by molar-refractivity contribution is 0.609. The number of aromatic nitrogens is 1. The van der Waals surface area contributed by atoms with Gasteiger partial charge in [0, 0.05) is 30.9 Å². The Hall–Kier alpha value is -1.09. The number of nitrogens with zero attached hydrogens (tertiary/aromatic N) is 2. The predicted octanol–water partition coefficient (Wildman–Crippen LogP) is 3.41. The van der Waals surface area contributed by atoms with Gasteiger partial charge in [-0.25, -0.2) is 4.98 Å². The van der Waals surface area contributed by atoms with Gasteiger partial charge in [0.25, 0.3) is 0 Å². The molecule has 2 fully saturated rings. The number of hydrogen-bond donors (Lipinski definition) is 1. The van der Waals surface area contributed by atoms with Crippen LogP contribution in [0.4, 0.5) is 5.82 Å². The van der Waals surface area contributed by atoms with E-state index in [0.29, 0.717) is 6.04 Å². The second-order valence-corrected chi connectivity index (χ2v) is 6.52. The van der Waals surface area contributed by atoms with Gasteiger partial charge in [0.05, 0.1) is 0 Å². The average Bonchev–Trinajstić information content (AvgIpc) is 3.23. The van der Waals surface area contributed by atoms with Gasteiger partial charge in [-0.2, -0.15) is 0 Å². The van der Waals surface area contributed by atoms with E-state index >= 15 is 0 Å². The maximum atomic E-state index is 4.79. The fraction of sp³-hybridized carbons (Fsp3) is 0.706. The van der Waals surface area contributed by atoms with Gasteiger partial charge in [0.15, 0.2) is 0 Å². The fourth-order valence-corrected chi connectivity index (χ4v) is 3.14. The SMILES string of the molecule is Cc1cc(CNC2CC2)cc(N2CCCCCC2C)n1. The zero-order valence-corrected chi connectivity index (χ0v) is 12.9. The molecule has 3 rings (SSSR count). The first-order chi connectivity index (χ1) is 9.72. The third-order valence-corrected chi connectivity index (χ3v) is 4.52. The van der Waals surface area contributed by atoms with Crippen LogP contribution in [0.25, 0.3) is 0 Å². The molecule has 0 spiro atoms. The second-order valence-electron chi connectivity index (χ2n) is 6.52. The number of hydrogen-bond acceptors (Lipinski definition) is 3. The molecule has 2 heterocycles. The fourth-order valence-electron chi connectivity index (χ4n) is 3.14. The van der Waals surface area contributed by atoms with Gasteiger partial charge in [-0.1, -0.05) is 12.8 Å². The number of anilines is 1. The summed E-state index contributed by atoms with van der Waals surface area (Å²) in [4.78, 5) is 7.30. The van der Waals surface area contributed by atoms with Crippen LogP contribution in [0.2, 0.25) is 0 Å². The minimum Gasteiger partial charge on any atom is -0.354 e. The van der Waals surface area contributed by atoms with Crippen molar-refractivity contribution >= 4 is 5.82 Å². The van der Waals surface area contributed by atoms with Crippen molar-refractivity contribution < 1.29 is 0 Å². The van der Waals surface area contributed by atoms with Crippen molar-refractivity contribution in [2.24, 2.45) is 0 Å². The molecule has 110 valence electrons. The van der Waals surface area contributed by atoms with Gasteiger partial charge in [-0.05, 0) is 57.2 Å². The van der Waals surface area contributed by atoms with Crippen molar-refractivity contribution in [3.63, 3.8) is 0 Å². The van der Waals surface area contributed by atoms with Gasteiger partial charge in [0.2, 0.25) is 0 Å². The minimum atomic E-state index is 0.621. The maximum Gasteiger partial charge on any atom is 0.129 e. The summed E-state index contributed by atoms with van der Waals surface area (Å²) in [6.07, 6.45) is 8.02. The molecule has 1 unspecified atom stereocenters. The topological polar surface area (TPSA) is 28.2 Å². The van der Waals surface area contributed by atoms with Crippen LogP contribution in [0.3, 0.4) is 0 Å². The van der Waals surface area contributed by atoms with E-state index in [0.717, 1.165) is 24.8 Å². The molecule has 0 amide bonds. The molecule has 0 radical (unpaired) electrons. The van der Waals surface area contributed by atoms with Gasteiger partial charge >= 0.3 is 0 Å². The number of nitrogens with one attached hydrogen (secondary N) is 1. The summed E-state index contributed by atoms with van der Waals surface area (Å²) in [5, 5.41) is 3.61. The van der Waals surface area contributed by atoms with Crippen molar-refractivity contribution in [3.8, 4) is 0 Å². The van der Waals surface area contributed by atoms with E-state index in [4.69, 9.17) is 4.98 Å². The average molecular weight is 273 g/mol. The van der Waals surface area contributed by atoms with E-state index in [-0.39, 0.29) is 0 Å². The van der Waals surface area contributed by atoms with Gasteiger partial charge < -0.3 is 10.2 Å². The van der Waals surface area contributed by atoms with Gasteiger partial charge in [0.1, 0.15) is 5.82 Å². The van der Waals surface area contributed by atoms with Crippen molar-refractivity contribution in [2.45, 2.75) is 71.0 Å².